The molecule has 0 aromatic heterocycles. The average Bonchev–Trinajstić information content (AvgIpc) is 3.44. The lowest BCUT2D eigenvalue weighted by atomic mass is 9.89. The first-order valence-corrected chi connectivity index (χ1v) is 9.69. The Hall–Kier alpha value is -1.63. The number of piperazine rings is 1. The van der Waals surface area contributed by atoms with Gasteiger partial charge in [-0.05, 0) is 25.7 Å². The van der Waals surface area contributed by atoms with Crippen LogP contribution in [0.3, 0.4) is 0 Å². The second kappa shape index (κ2) is 8.65. The third-order valence-corrected chi connectivity index (χ3v) is 5.42. The van der Waals surface area contributed by atoms with Crippen LogP contribution >= 0.6 is 0 Å². The summed E-state index contributed by atoms with van der Waals surface area (Å²) in [6.07, 6.45) is 7.53. The number of carbonyl (C=O) groups excluding carboxylic acids is 3. The molecule has 3 amide bonds. The van der Waals surface area contributed by atoms with E-state index in [-0.39, 0.29) is 30.2 Å². The molecule has 2 saturated carbocycles. The summed E-state index contributed by atoms with van der Waals surface area (Å²) in [5.41, 5.74) is 0. The summed E-state index contributed by atoms with van der Waals surface area (Å²) in [5.74, 6) is 0.181. The summed E-state index contributed by atoms with van der Waals surface area (Å²) in [5, 5.41) is 5.80. The average molecular weight is 350 g/mol. The Balaban J connectivity index is 1.32. The molecule has 7 nitrogen and oxygen atoms in total. The van der Waals surface area contributed by atoms with E-state index in [4.69, 9.17) is 0 Å². The van der Waals surface area contributed by atoms with E-state index in [0.29, 0.717) is 38.8 Å². The molecule has 0 spiro atoms. The largest absolute Gasteiger partial charge is 0.352 e. The smallest absolute Gasteiger partial charge is 0.242 e. The third-order valence-electron chi connectivity index (χ3n) is 5.42. The number of nitrogens with one attached hydrogen (secondary N) is 2. The number of rotatable bonds is 6. The van der Waals surface area contributed by atoms with E-state index >= 15 is 0 Å². The number of amides is 3. The lowest BCUT2D eigenvalue weighted by Crippen LogP contribution is -2.53. The van der Waals surface area contributed by atoms with Gasteiger partial charge < -0.3 is 15.5 Å². The van der Waals surface area contributed by atoms with Crippen molar-refractivity contribution < 1.29 is 14.4 Å². The van der Waals surface area contributed by atoms with Crippen LogP contribution in [0.1, 0.15) is 44.9 Å². The van der Waals surface area contributed by atoms with E-state index in [2.05, 4.69) is 15.5 Å². The molecule has 0 bridgehead atoms. The predicted molar refractivity (Wildman–Crippen MR) is 93.8 cm³/mol. The SMILES string of the molecule is O=C(CN1CCN(C(=O)CNC(=O)C2CCCCC2)CC1)NC1CC1. The molecule has 1 saturated heterocycles. The second-order valence-electron chi connectivity index (χ2n) is 7.55. The van der Waals surface area contributed by atoms with Crippen LogP contribution in [0.15, 0.2) is 0 Å². The summed E-state index contributed by atoms with van der Waals surface area (Å²) in [7, 11) is 0. The van der Waals surface area contributed by atoms with Crippen LogP contribution in [0.4, 0.5) is 0 Å². The Kier molecular flexibility index (Phi) is 6.29. The van der Waals surface area contributed by atoms with Crippen LogP contribution in [-0.2, 0) is 14.4 Å². The maximum absolute atomic E-state index is 12.3. The zero-order valence-corrected chi connectivity index (χ0v) is 15.0. The highest BCUT2D eigenvalue weighted by Gasteiger charge is 2.27. The highest BCUT2D eigenvalue weighted by Crippen LogP contribution is 2.23. The first-order chi connectivity index (χ1) is 12.1. The molecule has 3 fully saturated rings. The molecular formula is C18H30N4O3. The number of carbonyl (C=O) groups is 3. The zero-order valence-electron chi connectivity index (χ0n) is 15.0. The lowest BCUT2D eigenvalue weighted by Gasteiger charge is -2.34. The third kappa shape index (κ3) is 5.70. The summed E-state index contributed by atoms with van der Waals surface area (Å²) in [4.78, 5) is 40.1. The van der Waals surface area contributed by atoms with E-state index in [1.54, 1.807) is 4.90 Å². The van der Waals surface area contributed by atoms with Crippen molar-refractivity contribution in [2.45, 2.75) is 51.0 Å². The molecule has 2 N–H and O–H groups in total. The Bertz CT molecular complexity index is 493. The van der Waals surface area contributed by atoms with Crippen LogP contribution in [0.2, 0.25) is 0 Å². The maximum atomic E-state index is 12.3. The highest BCUT2D eigenvalue weighted by atomic mass is 16.2. The number of nitrogens with zero attached hydrogens (tertiary/aromatic N) is 2. The molecule has 3 aliphatic rings. The molecule has 2 aliphatic carbocycles. The van der Waals surface area contributed by atoms with Crippen LogP contribution < -0.4 is 10.6 Å². The van der Waals surface area contributed by atoms with Crippen molar-refractivity contribution in [3.05, 3.63) is 0 Å². The second-order valence-corrected chi connectivity index (χ2v) is 7.55. The van der Waals surface area contributed by atoms with Gasteiger partial charge in [0.1, 0.15) is 0 Å². The summed E-state index contributed by atoms with van der Waals surface area (Å²) >= 11 is 0. The van der Waals surface area contributed by atoms with E-state index < -0.39 is 0 Å². The van der Waals surface area contributed by atoms with E-state index in [1.165, 1.54) is 6.42 Å². The Morgan fingerprint density at radius 2 is 1.56 bits per heavy atom. The normalized spacial score (nSPS) is 22.5. The molecule has 0 aromatic rings. The summed E-state index contributed by atoms with van der Waals surface area (Å²) in [6.45, 7) is 3.17. The molecule has 0 aromatic carbocycles. The first kappa shape index (κ1) is 18.2. The Morgan fingerprint density at radius 1 is 0.880 bits per heavy atom. The summed E-state index contributed by atoms with van der Waals surface area (Å²) in [6, 6.07) is 0.392. The predicted octanol–water partition coefficient (Wildman–Crippen LogP) is 0.106. The van der Waals surface area contributed by atoms with Crippen LogP contribution in [0.5, 0.6) is 0 Å². The lowest BCUT2D eigenvalue weighted by molar-refractivity contribution is -0.135. The van der Waals surface area contributed by atoms with Gasteiger partial charge in [0.25, 0.3) is 0 Å². The standard InChI is InChI=1S/C18H30N4O3/c23-16(20-15-6-7-15)13-21-8-10-22(11-9-21)17(24)12-19-18(25)14-4-2-1-3-5-14/h14-15H,1-13H2,(H,19,25)(H,20,23). The molecular weight excluding hydrogens is 320 g/mol. The molecule has 0 atom stereocenters. The zero-order chi connectivity index (χ0) is 17.6. The monoisotopic (exact) mass is 350 g/mol. The van der Waals surface area contributed by atoms with E-state index in [9.17, 15) is 14.4 Å². The van der Waals surface area contributed by atoms with Crippen LogP contribution in [-0.4, -0.2) is 72.8 Å². The van der Waals surface area contributed by atoms with Crippen molar-refractivity contribution in [1.29, 1.82) is 0 Å². The number of hydrogen-bond donors (Lipinski definition) is 2. The quantitative estimate of drug-likeness (QED) is 0.712. The van der Waals surface area contributed by atoms with Gasteiger partial charge in [0.2, 0.25) is 17.7 Å². The topological polar surface area (TPSA) is 81.8 Å². The van der Waals surface area contributed by atoms with E-state index in [0.717, 1.165) is 38.5 Å². The maximum Gasteiger partial charge on any atom is 0.242 e. The molecule has 1 aliphatic heterocycles. The Labute approximate surface area is 149 Å². The minimum atomic E-state index is -0.0220. The van der Waals surface area contributed by atoms with Crippen molar-refractivity contribution in [1.82, 2.24) is 20.4 Å². The molecule has 0 unspecified atom stereocenters. The van der Waals surface area contributed by atoms with Gasteiger partial charge in [-0.15, -0.1) is 0 Å². The first-order valence-electron chi connectivity index (χ1n) is 9.69. The Morgan fingerprint density at radius 3 is 2.20 bits per heavy atom. The van der Waals surface area contributed by atoms with Gasteiger partial charge in [0.15, 0.2) is 0 Å². The van der Waals surface area contributed by atoms with Gasteiger partial charge in [0.05, 0.1) is 13.1 Å². The fraction of sp³-hybridized carbons (Fsp3) is 0.833. The molecule has 3 rings (SSSR count). The fourth-order valence-electron chi connectivity index (χ4n) is 3.64. The van der Waals surface area contributed by atoms with Crippen molar-refractivity contribution in [3.63, 3.8) is 0 Å². The molecule has 140 valence electrons. The summed E-state index contributed by atoms with van der Waals surface area (Å²) < 4.78 is 0. The highest BCUT2D eigenvalue weighted by molar-refractivity contribution is 5.86. The molecule has 1 heterocycles. The van der Waals surface area contributed by atoms with Gasteiger partial charge in [-0.2, -0.15) is 0 Å². The van der Waals surface area contributed by atoms with Gasteiger partial charge in [-0.25, -0.2) is 0 Å². The fourth-order valence-corrected chi connectivity index (χ4v) is 3.64. The molecule has 0 radical (unpaired) electrons. The van der Waals surface area contributed by atoms with E-state index in [1.807, 2.05) is 0 Å². The van der Waals surface area contributed by atoms with Crippen LogP contribution in [0.25, 0.3) is 0 Å². The molecule has 25 heavy (non-hydrogen) atoms. The van der Waals surface area contributed by atoms with Gasteiger partial charge >= 0.3 is 0 Å². The van der Waals surface area contributed by atoms with Gasteiger partial charge in [0, 0.05) is 38.1 Å². The van der Waals surface area contributed by atoms with Crippen molar-refractivity contribution >= 4 is 17.7 Å². The van der Waals surface area contributed by atoms with Crippen molar-refractivity contribution in [3.8, 4) is 0 Å². The minimum absolute atomic E-state index is 0.0220. The van der Waals surface area contributed by atoms with Gasteiger partial charge in [-0.1, -0.05) is 19.3 Å². The van der Waals surface area contributed by atoms with Crippen LogP contribution in [0, 0.1) is 5.92 Å². The molecule has 7 heteroatoms. The van der Waals surface area contributed by atoms with Crippen molar-refractivity contribution in [2.75, 3.05) is 39.3 Å². The number of hydrogen-bond acceptors (Lipinski definition) is 4. The van der Waals surface area contributed by atoms with Crippen molar-refractivity contribution in [2.24, 2.45) is 5.92 Å². The minimum Gasteiger partial charge on any atom is -0.352 e. The van der Waals surface area contributed by atoms with Gasteiger partial charge in [-0.3, -0.25) is 19.3 Å².